The van der Waals surface area contributed by atoms with Gasteiger partial charge >= 0.3 is 5.97 Å². The van der Waals surface area contributed by atoms with Crippen molar-refractivity contribution in [3.63, 3.8) is 0 Å². The van der Waals surface area contributed by atoms with Crippen molar-refractivity contribution in [2.45, 2.75) is 45.8 Å². The molecule has 1 heterocycles. The van der Waals surface area contributed by atoms with Crippen LogP contribution in [0.5, 0.6) is 0 Å². The molecule has 2 aromatic rings. The smallest absolute Gasteiger partial charge is 0.349 e. The number of thiophene rings is 1. The van der Waals surface area contributed by atoms with E-state index in [4.69, 9.17) is 4.74 Å². The molecule has 1 aromatic heterocycles. The Morgan fingerprint density at radius 2 is 1.83 bits per heavy atom. The third-order valence-corrected chi connectivity index (χ3v) is 5.21. The first-order chi connectivity index (χ1) is 11.5. The van der Waals surface area contributed by atoms with Crippen molar-refractivity contribution >= 4 is 23.2 Å². The largest absolute Gasteiger partial charge is 0.448 e. The van der Waals surface area contributed by atoms with E-state index < -0.39 is 12.1 Å². The molecule has 5 heteroatoms. The summed E-state index contributed by atoms with van der Waals surface area (Å²) in [6.45, 7) is 5.34. The van der Waals surface area contributed by atoms with Gasteiger partial charge in [0, 0.05) is 10.9 Å². The molecule has 1 atom stereocenters. The summed E-state index contributed by atoms with van der Waals surface area (Å²) < 4.78 is 5.32. The minimum atomic E-state index is -0.800. The monoisotopic (exact) mass is 343 g/mol. The quantitative estimate of drug-likeness (QED) is 0.863. The lowest BCUT2D eigenvalue weighted by Gasteiger charge is -2.15. The Labute approximate surface area is 145 Å². The van der Waals surface area contributed by atoms with Crippen LogP contribution in [-0.4, -0.2) is 24.0 Å². The summed E-state index contributed by atoms with van der Waals surface area (Å²) in [6, 6.07) is 10.2. The Kier molecular flexibility index (Phi) is 4.71. The highest BCUT2D eigenvalue weighted by Crippen LogP contribution is 2.39. The molecule has 24 heavy (non-hydrogen) atoms. The van der Waals surface area contributed by atoms with E-state index in [1.807, 2.05) is 32.0 Å². The average Bonchev–Trinajstić information content (AvgIpc) is 2.99. The molecule has 1 aliphatic carbocycles. The number of fused-ring (bicyclic) bond motifs is 3. The first-order valence-electron chi connectivity index (χ1n) is 8.18. The van der Waals surface area contributed by atoms with Crippen molar-refractivity contribution < 1.29 is 14.3 Å². The number of hydrogen-bond donors (Lipinski definition) is 1. The van der Waals surface area contributed by atoms with Crippen molar-refractivity contribution in [3.8, 4) is 10.4 Å². The van der Waals surface area contributed by atoms with Crippen LogP contribution >= 0.6 is 11.3 Å². The third-order valence-electron chi connectivity index (χ3n) is 4.02. The van der Waals surface area contributed by atoms with Gasteiger partial charge in [-0.2, -0.15) is 0 Å². The Bertz CT molecular complexity index is 779. The predicted octanol–water partition coefficient (Wildman–Crippen LogP) is 3.58. The van der Waals surface area contributed by atoms with Gasteiger partial charge in [-0.25, -0.2) is 4.79 Å². The SMILES string of the molecule is CC(C)NC(=O)[C@@H](C)OC(=O)c1cc2c(s1)-c1ccccc1CC2. The van der Waals surface area contributed by atoms with Crippen molar-refractivity contribution in [1.82, 2.24) is 5.32 Å². The number of esters is 1. The number of carbonyl (C=O) groups excluding carboxylic acids is 2. The molecule has 0 spiro atoms. The standard InChI is InChI=1S/C19H21NO3S/c1-11(2)20-18(21)12(3)23-19(22)16-10-14-9-8-13-6-4-5-7-15(13)17(14)24-16/h4-7,10-12H,8-9H2,1-3H3,(H,20,21)/t12-/m1/s1. The summed E-state index contributed by atoms with van der Waals surface area (Å²) in [5.41, 5.74) is 3.70. The molecule has 1 aliphatic rings. The second kappa shape index (κ2) is 6.77. The second-order valence-corrected chi connectivity index (χ2v) is 7.39. The van der Waals surface area contributed by atoms with Gasteiger partial charge in [-0.3, -0.25) is 4.79 Å². The van der Waals surface area contributed by atoms with Crippen molar-refractivity contribution in [1.29, 1.82) is 0 Å². The van der Waals surface area contributed by atoms with Crippen LogP contribution in [0.25, 0.3) is 10.4 Å². The van der Waals surface area contributed by atoms with E-state index in [0.29, 0.717) is 4.88 Å². The molecular weight excluding hydrogens is 322 g/mol. The average molecular weight is 343 g/mol. The lowest BCUT2D eigenvalue weighted by atomic mass is 9.91. The molecule has 0 aliphatic heterocycles. The molecule has 0 saturated carbocycles. The molecule has 4 nitrogen and oxygen atoms in total. The number of amides is 1. The van der Waals surface area contributed by atoms with E-state index in [9.17, 15) is 9.59 Å². The Morgan fingerprint density at radius 3 is 2.58 bits per heavy atom. The second-order valence-electron chi connectivity index (χ2n) is 6.33. The van der Waals surface area contributed by atoms with E-state index in [-0.39, 0.29) is 11.9 Å². The van der Waals surface area contributed by atoms with Crippen LogP contribution in [0, 0.1) is 0 Å². The lowest BCUT2D eigenvalue weighted by Crippen LogP contribution is -2.39. The number of aryl methyl sites for hydroxylation is 2. The molecule has 0 unspecified atom stereocenters. The van der Waals surface area contributed by atoms with E-state index in [2.05, 4.69) is 17.4 Å². The molecule has 1 N–H and O–H groups in total. The highest BCUT2D eigenvalue weighted by Gasteiger charge is 2.24. The maximum absolute atomic E-state index is 12.4. The Balaban J connectivity index is 1.77. The predicted molar refractivity (Wildman–Crippen MR) is 95.3 cm³/mol. The number of hydrogen-bond acceptors (Lipinski definition) is 4. The highest BCUT2D eigenvalue weighted by atomic mass is 32.1. The zero-order chi connectivity index (χ0) is 17.3. The van der Waals surface area contributed by atoms with Gasteiger partial charge in [0.15, 0.2) is 6.10 Å². The van der Waals surface area contributed by atoms with Gasteiger partial charge in [-0.15, -0.1) is 11.3 Å². The first-order valence-corrected chi connectivity index (χ1v) is 8.99. The first kappa shape index (κ1) is 16.7. The zero-order valence-electron chi connectivity index (χ0n) is 14.1. The van der Waals surface area contributed by atoms with E-state index in [1.54, 1.807) is 6.92 Å². The minimum Gasteiger partial charge on any atom is -0.448 e. The molecule has 0 radical (unpaired) electrons. The summed E-state index contributed by atoms with van der Waals surface area (Å²) in [5.74, 6) is -0.705. The van der Waals surface area contributed by atoms with Gasteiger partial charge in [0.2, 0.25) is 0 Å². The van der Waals surface area contributed by atoms with Crippen molar-refractivity contribution in [2.24, 2.45) is 0 Å². The summed E-state index contributed by atoms with van der Waals surface area (Å²) in [5, 5.41) is 2.75. The van der Waals surface area contributed by atoms with E-state index in [0.717, 1.165) is 17.7 Å². The fourth-order valence-electron chi connectivity index (χ4n) is 2.85. The highest BCUT2D eigenvalue weighted by molar-refractivity contribution is 7.17. The zero-order valence-corrected chi connectivity index (χ0v) is 14.9. The summed E-state index contributed by atoms with van der Waals surface area (Å²) in [7, 11) is 0. The molecule has 0 fully saturated rings. The van der Waals surface area contributed by atoms with Crippen LogP contribution in [0.15, 0.2) is 30.3 Å². The van der Waals surface area contributed by atoms with Crippen LogP contribution in [0.3, 0.4) is 0 Å². The van der Waals surface area contributed by atoms with Crippen molar-refractivity contribution in [3.05, 3.63) is 46.3 Å². The summed E-state index contributed by atoms with van der Waals surface area (Å²) in [4.78, 5) is 26.0. The maximum atomic E-state index is 12.4. The van der Waals surface area contributed by atoms with Gasteiger partial charge in [-0.05, 0) is 56.4 Å². The molecule has 3 rings (SSSR count). The third kappa shape index (κ3) is 3.36. The molecule has 1 amide bonds. The number of benzene rings is 1. The van der Waals surface area contributed by atoms with Gasteiger partial charge < -0.3 is 10.1 Å². The number of ether oxygens (including phenoxy) is 1. The van der Waals surface area contributed by atoms with Crippen LogP contribution in [0.4, 0.5) is 0 Å². The summed E-state index contributed by atoms with van der Waals surface area (Å²) >= 11 is 1.45. The van der Waals surface area contributed by atoms with Gasteiger partial charge in [0.1, 0.15) is 4.88 Å². The molecule has 1 aromatic carbocycles. The van der Waals surface area contributed by atoms with Gasteiger partial charge in [0.05, 0.1) is 0 Å². The normalized spacial score (nSPS) is 13.8. The maximum Gasteiger partial charge on any atom is 0.349 e. The topological polar surface area (TPSA) is 55.4 Å². The van der Waals surface area contributed by atoms with Gasteiger partial charge in [0.25, 0.3) is 5.91 Å². The summed E-state index contributed by atoms with van der Waals surface area (Å²) in [6.07, 6.45) is 1.12. The Morgan fingerprint density at radius 1 is 1.12 bits per heavy atom. The molecule has 0 bridgehead atoms. The number of rotatable bonds is 4. The molecular formula is C19H21NO3S. The van der Waals surface area contributed by atoms with Crippen molar-refractivity contribution in [2.75, 3.05) is 0 Å². The van der Waals surface area contributed by atoms with Crippen LogP contribution < -0.4 is 5.32 Å². The fourth-order valence-corrected chi connectivity index (χ4v) is 4.00. The van der Waals surface area contributed by atoms with Crippen LogP contribution in [-0.2, 0) is 22.4 Å². The molecule has 0 saturated heterocycles. The fraction of sp³-hybridized carbons (Fsp3) is 0.368. The molecule has 126 valence electrons. The Hall–Kier alpha value is -2.14. The van der Waals surface area contributed by atoms with Crippen LogP contribution in [0.2, 0.25) is 0 Å². The number of carbonyl (C=O) groups is 2. The van der Waals surface area contributed by atoms with E-state index >= 15 is 0 Å². The van der Waals surface area contributed by atoms with Gasteiger partial charge in [-0.1, -0.05) is 24.3 Å². The minimum absolute atomic E-state index is 0.0178. The number of nitrogens with one attached hydrogen (secondary N) is 1. The van der Waals surface area contributed by atoms with Crippen LogP contribution in [0.1, 0.15) is 41.6 Å². The van der Waals surface area contributed by atoms with E-state index in [1.165, 1.54) is 28.0 Å². The lowest BCUT2D eigenvalue weighted by molar-refractivity contribution is -0.129.